The number of nitrogens with zero attached hydrogens (tertiary/aromatic N) is 1. The Balaban J connectivity index is 2.38. The Hall–Kier alpha value is -0.830. The normalized spacial score (nSPS) is 23.3. The summed E-state index contributed by atoms with van der Waals surface area (Å²) in [6.07, 6.45) is 0.0731. The summed E-state index contributed by atoms with van der Waals surface area (Å²) in [5.74, 6) is 0.0472. The van der Waals surface area contributed by atoms with Crippen molar-refractivity contribution in [2.75, 3.05) is 13.2 Å². The lowest BCUT2D eigenvalue weighted by atomic mass is 10.1. The zero-order chi connectivity index (χ0) is 8.43. The van der Waals surface area contributed by atoms with E-state index in [1.165, 1.54) is 6.92 Å². The largest absolute Gasteiger partial charge is 0.370 e. The maximum Gasteiger partial charge on any atom is 0.223 e. The third-order valence-corrected chi connectivity index (χ3v) is 1.81. The van der Waals surface area contributed by atoms with E-state index in [2.05, 4.69) is 6.58 Å². The summed E-state index contributed by atoms with van der Waals surface area (Å²) < 4.78 is 5.28. The average molecular weight is 155 g/mol. The highest BCUT2D eigenvalue weighted by Gasteiger charge is 2.33. The fourth-order valence-corrected chi connectivity index (χ4v) is 1.13. The maximum absolute atomic E-state index is 10.8. The molecule has 3 nitrogen and oxygen atoms in total. The molecule has 1 saturated heterocycles. The van der Waals surface area contributed by atoms with Gasteiger partial charge in [0.15, 0.2) is 0 Å². The van der Waals surface area contributed by atoms with Crippen molar-refractivity contribution in [2.24, 2.45) is 0 Å². The second-order valence-electron chi connectivity index (χ2n) is 2.56. The van der Waals surface area contributed by atoms with Crippen LogP contribution in [0.4, 0.5) is 0 Å². The standard InChI is InChI=1S/C8H13NO2/c1-4-11-8-5-9(6(8)2)7(3)10/h8H,2,4-5H2,1,3H3/t8-/m1/s1. The Bertz CT molecular complexity index is 189. The molecule has 0 bridgehead atoms. The molecule has 1 aliphatic rings. The van der Waals surface area contributed by atoms with Gasteiger partial charge in [-0.25, -0.2) is 0 Å². The minimum atomic E-state index is 0.0472. The summed E-state index contributed by atoms with van der Waals surface area (Å²) in [6, 6.07) is 0. The van der Waals surface area contributed by atoms with Crippen molar-refractivity contribution in [3.8, 4) is 0 Å². The average Bonchev–Trinajstić information content (AvgIpc) is 1.95. The van der Waals surface area contributed by atoms with Gasteiger partial charge in [0.2, 0.25) is 5.91 Å². The fourth-order valence-electron chi connectivity index (χ4n) is 1.13. The van der Waals surface area contributed by atoms with Crippen molar-refractivity contribution < 1.29 is 9.53 Å². The fraction of sp³-hybridized carbons (Fsp3) is 0.625. The molecule has 0 radical (unpaired) electrons. The molecule has 1 atom stereocenters. The highest BCUT2D eigenvalue weighted by atomic mass is 16.5. The number of carbonyl (C=O) groups excluding carboxylic acids is 1. The predicted octanol–water partition coefficient (Wildman–Crippen LogP) is 0.767. The molecule has 62 valence electrons. The van der Waals surface area contributed by atoms with Gasteiger partial charge in [-0.1, -0.05) is 6.58 Å². The molecule has 1 heterocycles. The van der Waals surface area contributed by atoms with Crippen LogP contribution in [0.3, 0.4) is 0 Å². The zero-order valence-electron chi connectivity index (χ0n) is 6.96. The van der Waals surface area contributed by atoms with E-state index in [9.17, 15) is 4.79 Å². The molecular formula is C8H13NO2. The zero-order valence-corrected chi connectivity index (χ0v) is 6.96. The molecule has 0 N–H and O–H groups in total. The van der Waals surface area contributed by atoms with Gasteiger partial charge in [-0.15, -0.1) is 0 Å². The second-order valence-corrected chi connectivity index (χ2v) is 2.56. The van der Waals surface area contributed by atoms with Crippen LogP contribution in [0.15, 0.2) is 12.3 Å². The highest BCUT2D eigenvalue weighted by Crippen LogP contribution is 2.23. The van der Waals surface area contributed by atoms with E-state index >= 15 is 0 Å². The van der Waals surface area contributed by atoms with Crippen molar-refractivity contribution in [3.63, 3.8) is 0 Å². The van der Waals surface area contributed by atoms with E-state index in [-0.39, 0.29) is 12.0 Å². The molecule has 0 spiro atoms. The van der Waals surface area contributed by atoms with Gasteiger partial charge in [0.25, 0.3) is 0 Å². The van der Waals surface area contributed by atoms with E-state index < -0.39 is 0 Å². The predicted molar refractivity (Wildman–Crippen MR) is 41.9 cm³/mol. The number of hydrogen-bond acceptors (Lipinski definition) is 2. The number of likely N-dealkylation sites (tertiary alicyclic amines) is 1. The summed E-state index contributed by atoms with van der Waals surface area (Å²) in [5, 5.41) is 0. The molecule has 1 rings (SSSR count). The molecule has 0 saturated carbocycles. The van der Waals surface area contributed by atoms with Crippen molar-refractivity contribution in [3.05, 3.63) is 12.3 Å². The molecule has 0 aromatic rings. The first-order chi connectivity index (χ1) is 5.16. The van der Waals surface area contributed by atoms with E-state index in [1.807, 2.05) is 6.92 Å². The monoisotopic (exact) mass is 155 g/mol. The molecule has 0 aromatic carbocycles. The van der Waals surface area contributed by atoms with Gasteiger partial charge in [0, 0.05) is 19.2 Å². The number of ether oxygens (including phenoxy) is 1. The van der Waals surface area contributed by atoms with Gasteiger partial charge in [-0.3, -0.25) is 4.79 Å². The first-order valence-corrected chi connectivity index (χ1v) is 3.75. The van der Waals surface area contributed by atoms with Gasteiger partial charge in [-0.2, -0.15) is 0 Å². The van der Waals surface area contributed by atoms with Gasteiger partial charge in [-0.05, 0) is 6.92 Å². The lowest BCUT2D eigenvalue weighted by Crippen LogP contribution is -2.51. The summed E-state index contributed by atoms with van der Waals surface area (Å²) in [4.78, 5) is 12.4. The number of hydrogen-bond donors (Lipinski definition) is 0. The number of rotatable bonds is 2. The number of amides is 1. The van der Waals surface area contributed by atoms with Crippen molar-refractivity contribution in [1.82, 2.24) is 4.90 Å². The lowest BCUT2D eigenvalue weighted by molar-refractivity contribution is -0.134. The van der Waals surface area contributed by atoms with Crippen molar-refractivity contribution in [1.29, 1.82) is 0 Å². The first kappa shape index (κ1) is 8.27. The smallest absolute Gasteiger partial charge is 0.223 e. The minimum Gasteiger partial charge on any atom is -0.370 e. The van der Waals surface area contributed by atoms with Gasteiger partial charge >= 0.3 is 0 Å². The van der Waals surface area contributed by atoms with E-state index in [0.29, 0.717) is 13.2 Å². The molecule has 3 heteroatoms. The SMILES string of the molecule is C=C1[C@H](OCC)CN1C(C)=O. The van der Waals surface area contributed by atoms with Gasteiger partial charge in [0.1, 0.15) is 6.10 Å². The van der Waals surface area contributed by atoms with Crippen LogP contribution in [-0.4, -0.2) is 30.1 Å². The molecule has 0 unspecified atom stereocenters. The maximum atomic E-state index is 10.8. The molecule has 0 aromatic heterocycles. The quantitative estimate of drug-likeness (QED) is 0.589. The number of carbonyl (C=O) groups is 1. The molecule has 1 aliphatic heterocycles. The Kier molecular flexibility index (Phi) is 2.29. The summed E-state index contributed by atoms with van der Waals surface area (Å²) in [5.41, 5.74) is 0.791. The lowest BCUT2D eigenvalue weighted by Gasteiger charge is -2.40. The molecule has 1 amide bonds. The molecular weight excluding hydrogens is 142 g/mol. The van der Waals surface area contributed by atoms with Gasteiger partial charge < -0.3 is 9.64 Å². The summed E-state index contributed by atoms with van der Waals surface area (Å²) >= 11 is 0. The topological polar surface area (TPSA) is 29.5 Å². The van der Waals surface area contributed by atoms with Crippen LogP contribution in [0.5, 0.6) is 0 Å². The Labute approximate surface area is 66.6 Å². The van der Waals surface area contributed by atoms with Crippen LogP contribution in [0.1, 0.15) is 13.8 Å². The second kappa shape index (κ2) is 3.05. The van der Waals surface area contributed by atoms with Crippen LogP contribution in [0, 0.1) is 0 Å². The van der Waals surface area contributed by atoms with Gasteiger partial charge in [0.05, 0.1) is 6.54 Å². The van der Waals surface area contributed by atoms with Crippen molar-refractivity contribution >= 4 is 5.91 Å². The van der Waals surface area contributed by atoms with Crippen LogP contribution < -0.4 is 0 Å². The molecule has 1 fully saturated rings. The Morgan fingerprint density at radius 1 is 1.91 bits per heavy atom. The van der Waals surface area contributed by atoms with Crippen LogP contribution in [-0.2, 0) is 9.53 Å². The molecule has 0 aliphatic carbocycles. The van der Waals surface area contributed by atoms with Crippen molar-refractivity contribution in [2.45, 2.75) is 20.0 Å². The van der Waals surface area contributed by atoms with E-state index in [4.69, 9.17) is 4.74 Å². The minimum absolute atomic E-state index is 0.0472. The molecule has 11 heavy (non-hydrogen) atoms. The van der Waals surface area contributed by atoms with Crippen LogP contribution in [0.25, 0.3) is 0 Å². The third-order valence-electron chi connectivity index (χ3n) is 1.81. The summed E-state index contributed by atoms with van der Waals surface area (Å²) in [6.45, 7) is 8.56. The van der Waals surface area contributed by atoms with Crippen LogP contribution in [0.2, 0.25) is 0 Å². The van der Waals surface area contributed by atoms with Crippen LogP contribution >= 0.6 is 0 Å². The van der Waals surface area contributed by atoms with E-state index in [1.54, 1.807) is 4.90 Å². The highest BCUT2D eigenvalue weighted by molar-refractivity contribution is 5.77. The Morgan fingerprint density at radius 2 is 2.55 bits per heavy atom. The third kappa shape index (κ3) is 1.43. The Morgan fingerprint density at radius 3 is 2.91 bits per heavy atom. The first-order valence-electron chi connectivity index (χ1n) is 3.75. The summed E-state index contributed by atoms with van der Waals surface area (Å²) in [7, 11) is 0. The van der Waals surface area contributed by atoms with E-state index in [0.717, 1.165) is 5.70 Å².